The van der Waals surface area contributed by atoms with Gasteiger partial charge in [0.2, 0.25) is 5.91 Å². The molecule has 1 aromatic rings. The van der Waals surface area contributed by atoms with Crippen molar-refractivity contribution in [1.29, 1.82) is 0 Å². The fourth-order valence-corrected chi connectivity index (χ4v) is 2.94. The van der Waals surface area contributed by atoms with Crippen LogP contribution in [0.3, 0.4) is 0 Å². The molecule has 1 aliphatic heterocycles. The Bertz CT molecular complexity index is 563. The quantitative estimate of drug-likeness (QED) is 0.768. The largest absolute Gasteiger partial charge is 0.490 e. The van der Waals surface area contributed by atoms with Crippen LogP contribution < -0.4 is 9.47 Å². The molecule has 1 amide bonds. The van der Waals surface area contributed by atoms with Gasteiger partial charge >= 0.3 is 5.97 Å². The zero-order valence-electron chi connectivity index (χ0n) is 13.1. The van der Waals surface area contributed by atoms with E-state index in [4.69, 9.17) is 14.6 Å². The van der Waals surface area contributed by atoms with Crippen LogP contribution in [0.1, 0.15) is 19.3 Å². The van der Waals surface area contributed by atoms with E-state index in [0.29, 0.717) is 25.4 Å². The summed E-state index contributed by atoms with van der Waals surface area (Å²) in [6, 6.07) is 5.78. The predicted molar refractivity (Wildman–Crippen MR) is 87.3 cm³/mol. The minimum absolute atomic E-state index is 0.0302. The average Bonchev–Trinajstić information content (AvgIpc) is 2.77. The number of benzene rings is 1. The van der Waals surface area contributed by atoms with Crippen molar-refractivity contribution >= 4 is 23.6 Å². The van der Waals surface area contributed by atoms with Gasteiger partial charge in [-0.25, -0.2) is 0 Å². The molecule has 6 nitrogen and oxygen atoms in total. The standard InChI is InChI=1S/C16H21NO5S/c1-17(7-5-16(19)20)15(18)6-10-23-12-3-4-13-14(11-12)22-9-2-8-21-13/h3-4,11H,2,5-10H2,1H3,(H,19,20). The van der Waals surface area contributed by atoms with Crippen LogP contribution in [-0.2, 0) is 9.59 Å². The molecule has 7 heteroatoms. The Balaban J connectivity index is 1.78. The minimum atomic E-state index is -0.897. The second kappa shape index (κ2) is 8.67. The minimum Gasteiger partial charge on any atom is -0.490 e. The van der Waals surface area contributed by atoms with E-state index in [1.807, 2.05) is 18.2 Å². The van der Waals surface area contributed by atoms with E-state index >= 15 is 0 Å². The number of thioether (sulfide) groups is 1. The average molecular weight is 339 g/mol. The highest BCUT2D eigenvalue weighted by Gasteiger charge is 2.13. The molecule has 126 valence electrons. The Morgan fingerprint density at radius 2 is 1.96 bits per heavy atom. The molecule has 0 bridgehead atoms. The first-order valence-corrected chi connectivity index (χ1v) is 8.53. The maximum absolute atomic E-state index is 11.9. The summed E-state index contributed by atoms with van der Waals surface area (Å²) in [6.45, 7) is 1.55. The molecule has 0 unspecified atom stereocenters. The Morgan fingerprint density at radius 3 is 2.70 bits per heavy atom. The van der Waals surface area contributed by atoms with Crippen LogP contribution in [0.5, 0.6) is 11.5 Å². The van der Waals surface area contributed by atoms with Crippen LogP contribution in [0.25, 0.3) is 0 Å². The molecule has 0 saturated heterocycles. The number of fused-ring (bicyclic) bond motifs is 1. The molecule has 0 fully saturated rings. The molecule has 0 atom stereocenters. The van der Waals surface area contributed by atoms with Crippen molar-refractivity contribution in [2.24, 2.45) is 0 Å². The number of carbonyl (C=O) groups is 2. The molecule has 0 radical (unpaired) electrons. The van der Waals surface area contributed by atoms with Crippen molar-refractivity contribution < 1.29 is 24.2 Å². The number of hydrogen-bond donors (Lipinski definition) is 1. The summed E-state index contributed by atoms with van der Waals surface area (Å²) < 4.78 is 11.2. The monoisotopic (exact) mass is 339 g/mol. The van der Waals surface area contributed by atoms with E-state index in [9.17, 15) is 9.59 Å². The van der Waals surface area contributed by atoms with Gasteiger partial charge in [-0.15, -0.1) is 11.8 Å². The van der Waals surface area contributed by atoms with Gasteiger partial charge < -0.3 is 19.5 Å². The third-order valence-corrected chi connectivity index (χ3v) is 4.39. The molecule has 0 saturated carbocycles. The number of nitrogens with zero attached hydrogens (tertiary/aromatic N) is 1. The molecule has 0 spiro atoms. The Morgan fingerprint density at radius 1 is 1.22 bits per heavy atom. The first-order valence-electron chi connectivity index (χ1n) is 7.54. The molecule has 1 heterocycles. The summed E-state index contributed by atoms with van der Waals surface area (Å²) >= 11 is 1.57. The first kappa shape index (κ1) is 17.5. The van der Waals surface area contributed by atoms with Gasteiger partial charge in [-0.05, 0) is 18.2 Å². The number of carbonyl (C=O) groups excluding carboxylic acids is 1. The number of ether oxygens (including phenoxy) is 2. The second-order valence-electron chi connectivity index (χ2n) is 5.22. The van der Waals surface area contributed by atoms with Crippen molar-refractivity contribution in [3.05, 3.63) is 18.2 Å². The summed E-state index contributed by atoms with van der Waals surface area (Å²) in [5.41, 5.74) is 0. The van der Waals surface area contributed by atoms with E-state index in [-0.39, 0.29) is 18.9 Å². The zero-order chi connectivity index (χ0) is 16.7. The smallest absolute Gasteiger partial charge is 0.305 e. The lowest BCUT2D eigenvalue weighted by Crippen LogP contribution is -2.29. The van der Waals surface area contributed by atoms with Crippen LogP contribution in [0.2, 0.25) is 0 Å². The van der Waals surface area contributed by atoms with Gasteiger partial charge in [-0.2, -0.15) is 0 Å². The summed E-state index contributed by atoms with van der Waals surface area (Å²) in [4.78, 5) is 24.9. The van der Waals surface area contributed by atoms with E-state index in [2.05, 4.69) is 0 Å². The molecule has 23 heavy (non-hydrogen) atoms. The second-order valence-corrected chi connectivity index (χ2v) is 6.38. The number of rotatable bonds is 7. The van der Waals surface area contributed by atoms with Crippen LogP contribution in [0, 0.1) is 0 Å². The Hall–Kier alpha value is -1.89. The third-order valence-electron chi connectivity index (χ3n) is 3.39. The summed E-state index contributed by atoms with van der Waals surface area (Å²) in [6.07, 6.45) is 1.21. The van der Waals surface area contributed by atoms with Crippen LogP contribution >= 0.6 is 11.8 Å². The Kier molecular flexibility index (Phi) is 6.58. The molecule has 1 aromatic carbocycles. The first-order chi connectivity index (χ1) is 11.1. The van der Waals surface area contributed by atoms with Gasteiger partial charge in [0.25, 0.3) is 0 Å². The van der Waals surface area contributed by atoms with Crippen LogP contribution in [0.4, 0.5) is 0 Å². The third kappa shape index (κ3) is 5.67. The lowest BCUT2D eigenvalue weighted by Gasteiger charge is -2.15. The maximum Gasteiger partial charge on any atom is 0.305 e. The number of amides is 1. The molecule has 1 N–H and O–H groups in total. The van der Waals surface area contributed by atoms with Gasteiger partial charge in [-0.3, -0.25) is 9.59 Å². The molecule has 0 aliphatic carbocycles. The molecule has 0 aromatic heterocycles. The van der Waals surface area contributed by atoms with E-state index < -0.39 is 5.97 Å². The highest BCUT2D eigenvalue weighted by molar-refractivity contribution is 7.99. The van der Waals surface area contributed by atoms with Gasteiger partial charge in [0.1, 0.15) is 0 Å². The van der Waals surface area contributed by atoms with E-state index in [1.165, 1.54) is 4.90 Å². The van der Waals surface area contributed by atoms with Gasteiger partial charge in [0.05, 0.1) is 19.6 Å². The van der Waals surface area contributed by atoms with Gasteiger partial charge in [0, 0.05) is 37.1 Å². The lowest BCUT2D eigenvalue weighted by molar-refractivity contribution is -0.138. The summed E-state index contributed by atoms with van der Waals surface area (Å²) in [7, 11) is 1.63. The van der Waals surface area contributed by atoms with Crippen molar-refractivity contribution in [1.82, 2.24) is 4.90 Å². The summed E-state index contributed by atoms with van der Waals surface area (Å²) in [5, 5.41) is 8.62. The number of aliphatic carboxylic acids is 1. The van der Waals surface area contributed by atoms with Gasteiger partial charge in [-0.1, -0.05) is 0 Å². The highest BCUT2D eigenvalue weighted by atomic mass is 32.2. The highest BCUT2D eigenvalue weighted by Crippen LogP contribution is 2.34. The zero-order valence-corrected chi connectivity index (χ0v) is 13.9. The van der Waals surface area contributed by atoms with Crippen LogP contribution in [-0.4, -0.2) is 54.4 Å². The SMILES string of the molecule is CN(CCC(=O)O)C(=O)CCSc1ccc2c(c1)OCCCO2. The fraction of sp³-hybridized carbons (Fsp3) is 0.500. The number of carboxylic acids is 1. The van der Waals surface area contributed by atoms with E-state index in [1.54, 1.807) is 18.8 Å². The maximum atomic E-state index is 11.9. The van der Waals surface area contributed by atoms with E-state index in [0.717, 1.165) is 22.8 Å². The molecular formula is C16H21NO5S. The lowest BCUT2D eigenvalue weighted by atomic mass is 10.3. The number of hydrogen-bond acceptors (Lipinski definition) is 5. The predicted octanol–water partition coefficient (Wildman–Crippen LogP) is 2.26. The molecule has 2 rings (SSSR count). The molecular weight excluding hydrogens is 318 g/mol. The topological polar surface area (TPSA) is 76.1 Å². The van der Waals surface area contributed by atoms with Crippen LogP contribution in [0.15, 0.2) is 23.1 Å². The van der Waals surface area contributed by atoms with Crippen molar-refractivity contribution in [3.8, 4) is 11.5 Å². The van der Waals surface area contributed by atoms with Gasteiger partial charge in [0.15, 0.2) is 11.5 Å². The molecule has 1 aliphatic rings. The fourth-order valence-electron chi connectivity index (χ4n) is 2.07. The summed E-state index contributed by atoms with van der Waals surface area (Å²) in [5.74, 6) is 1.20. The normalized spacial score (nSPS) is 13.3. The Labute approximate surface area is 139 Å². The number of carboxylic acid groups (broad SMARTS) is 1. The van der Waals surface area contributed by atoms with Crippen molar-refractivity contribution in [2.45, 2.75) is 24.2 Å². The van der Waals surface area contributed by atoms with Crippen molar-refractivity contribution in [2.75, 3.05) is 32.6 Å². The van der Waals surface area contributed by atoms with Crippen molar-refractivity contribution in [3.63, 3.8) is 0 Å².